The Morgan fingerprint density at radius 1 is 1.63 bits per heavy atom. The van der Waals surface area contributed by atoms with Gasteiger partial charge in [-0.1, -0.05) is 5.16 Å². The summed E-state index contributed by atoms with van der Waals surface area (Å²) in [5.74, 6) is -0.796. The Hall–Kier alpha value is -1.98. The predicted octanol–water partition coefficient (Wildman–Crippen LogP) is 2.89. The van der Waals surface area contributed by atoms with Gasteiger partial charge in [0.25, 0.3) is 0 Å². The number of carbonyl (C=O) groups excluding carboxylic acids is 1. The second-order valence-electron chi connectivity index (χ2n) is 3.33. The van der Waals surface area contributed by atoms with Gasteiger partial charge in [0.1, 0.15) is 6.07 Å². The minimum atomic E-state index is -0.785. The molecule has 96 valence electrons. The Morgan fingerprint density at radius 3 is 2.95 bits per heavy atom. The molecule has 2 aromatic heterocycles. The molecular weight excluding hydrogens is 334 g/mol. The van der Waals surface area contributed by atoms with E-state index in [2.05, 4.69) is 30.9 Å². The molecule has 0 N–H and O–H groups in total. The van der Waals surface area contributed by atoms with Crippen LogP contribution in [-0.4, -0.2) is 16.7 Å². The van der Waals surface area contributed by atoms with Crippen LogP contribution in [-0.2, 0) is 4.84 Å². The van der Waals surface area contributed by atoms with Crippen LogP contribution < -0.4 is 0 Å². The molecule has 0 aliphatic rings. The first-order valence-electron chi connectivity index (χ1n) is 4.97. The van der Waals surface area contributed by atoms with E-state index in [1.54, 1.807) is 18.4 Å². The van der Waals surface area contributed by atoms with Crippen LogP contribution in [0, 0.1) is 18.3 Å². The highest BCUT2D eigenvalue weighted by atomic mass is 79.9. The number of nitrogens with zero attached hydrogens (tertiary/aromatic N) is 3. The summed E-state index contributed by atoms with van der Waals surface area (Å²) in [6, 6.07) is 4.81. The summed E-state index contributed by atoms with van der Waals surface area (Å²) in [7, 11) is 0. The highest BCUT2D eigenvalue weighted by Crippen LogP contribution is 2.15. The molecular formula is C11H6BrN3O3S. The number of nitriles is 1. The average Bonchev–Trinajstić information content (AvgIpc) is 2.99. The highest BCUT2D eigenvalue weighted by Gasteiger charge is 2.14. The van der Waals surface area contributed by atoms with Crippen LogP contribution in [0.25, 0.3) is 0 Å². The van der Waals surface area contributed by atoms with Gasteiger partial charge in [-0.25, -0.2) is 9.78 Å². The molecule has 0 aliphatic heterocycles. The van der Waals surface area contributed by atoms with Gasteiger partial charge in [-0.3, -0.25) is 0 Å². The van der Waals surface area contributed by atoms with E-state index in [0.717, 1.165) is 5.69 Å². The summed E-state index contributed by atoms with van der Waals surface area (Å²) in [5.41, 5.74) is 0.710. The number of furan rings is 1. The van der Waals surface area contributed by atoms with Crippen molar-refractivity contribution < 1.29 is 14.0 Å². The van der Waals surface area contributed by atoms with Crippen LogP contribution in [0.3, 0.4) is 0 Å². The van der Waals surface area contributed by atoms with E-state index in [0.29, 0.717) is 9.68 Å². The van der Waals surface area contributed by atoms with Crippen LogP contribution in [0.15, 0.2) is 31.8 Å². The zero-order valence-electron chi connectivity index (χ0n) is 9.58. The zero-order chi connectivity index (χ0) is 13.8. The van der Waals surface area contributed by atoms with Gasteiger partial charge in [0.05, 0.1) is 0 Å². The molecule has 0 aliphatic carbocycles. The second kappa shape index (κ2) is 5.77. The molecule has 0 amide bonds. The van der Waals surface area contributed by atoms with Gasteiger partial charge in [0, 0.05) is 11.1 Å². The summed E-state index contributed by atoms with van der Waals surface area (Å²) in [4.78, 5) is 20.3. The molecule has 2 heterocycles. The lowest BCUT2D eigenvalue weighted by molar-refractivity contribution is 0.0479. The minimum absolute atomic E-state index is 0.0109. The van der Waals surface area contributed by atoms with Crippen molar-refractivity contribution in [1.82, 2.24) is 4.98 Å². The number of rotatable bonds is 3. The molecule has 2 aromatic rings. The molecule has 2 rings (SSSR count). The molecule has 0 unspecified atom stereocenters. The fourth-order valence-corrected chi connectivity index (χ4v) is 2.16. The smallest absolute Gasteiger partial charge is 0.400 e. The first-order valence-corrected chi connectivity index (χ1v) is 6.64. The van der Waals surface area contributed by atoms with Gasteiger partial charge >= 0.3 is 5.97 Å². The van der Waals surface area contributed by atoms with Gasteiger partial charge in [-0.15, -0.1) is 11.3 Å². The van der Waals surface area contributed by atoms with Crippen molar-refractivity contribution in [2.75, 3.05) is 0 Å². The van der Waals surface area contributed by atoms with E-state index < -0.39 is 5.97 Å². The fourth-order valence-electron chi connectivity index (χ4n) is 1.13. The van der Waals surface area contributed by atoms with Crippen molar-refractivity contribution >= 4 is 38.9 Å². The zero-order valence-corrected chi connectivity index (χ0v) is 12.0. The molecule has 0 atom stereocenters. The first kappa shape index (κ1) is 13.5. The quantitative estimate of drug-likeness (QED) is 0.487. The molecule has 0 saturated carbocycles. The minimum Gasteiger partial charge on any atom is -0.442 e. The summed E-state index contributed by atoms with van der Waals surface area (Å²) in [6.07, 6.45) is 0. The Kier molecular flexibility index (Phi) is 4.09. The van der Waals surface area contributed by atoms with Crippen LogP contribution in [0.2, 0.25) is 0 Å². The van der Waals surface area contributed by atoms with E-state index in [1.165, 1.54) is 17.4 Å². The summed E-state index contributed by atoms with van der Waals surface area (Å²) < 4.78 is 5.40. The maximum Gasteiger partial charge on any atom is 0.400 e. The van der Waals surface area contributed by atoms with Crippen molar-refractivity contribution in [1.29, 1.82) is 5.26 Å². The topological polar surface area (TPSA) is 88.5 Å². The third-order valence-corrected chi connectivity index (χ3v) is 3.31. The van der Waals surface area contributed by atoms with Gasteiger partial charge < -0.3 is 9.25 Å². The first-order chi connectivity index (χ1) is 9.10. The number of carbonyl (C=O) groups is 1. The van der Waals surface area contributed by atoms with Crippen molar-refractivity contribution in [3.8, 4) is 6.07 Å². The number of aromatic nitrogens is 1. The third kappa shape index (κ3) is 3.27. The van der Waals surface area contributed by atoms with E-state index in [9.17, 15) is 4.79 Å². The normalized spacial score (nSPS) is 11.1. The number of aryl methyl sites for hydroxylation is 1. The molecule has 6 nitrogen and oxygen atoms in total. The van der Waals surface area contributed by atoms with Crippen LogP contribution >= 0.6 is 27.3 Å². The molecule has 0 aromatic carbocycles. The van der Waals surface area contributed by atoms with Crippen molar-refractivity contribution in [2.45, 2.75) is 6.92 Å². The van der Waals surface area contributed by atoms with Crippen LogP contribution in [0.4, 0.5) is 0 Å². The number of hydrogen-bond donors (Lipinski definition) is 0. The maximum absolute atomic E-state index is 11.5. The number of halogens is 1. The fraction of sp³-hybridized carbons (Fsp3) is 0.0909. The molecule has 0 bridgehead atoms. The third-order valence-electron chi connectivity index (χ3n) is 1.92. The summed E-state index contributed by atoms with van der Waals surface area (Å²) in [6.45, 7) is 1.79. The van der Waals surface area contributed by atoms with Crippen molar-refractivity contribution in [3.05, 3.63) is 38.6 Å². The molecule has 19 heavy (non-hydrogen) atoms. The predicted molar refractivity (Wildman–Crippen MR) is 70.8 cm³/mol. The Morgan fingerprint density at radius 2 is 2.42 bits per heavy atom. The second-order valence-corrected chi connectivity index (χ2v) is 4.97. The SMILES string of the molecule is Cc1csc(/C(C#N)=N/OC(=O)c2ccc(Br)o2)n1. The lowest BCUT2D eigenvalue weighted by atomic mass is 10.4. The Balaban J connectivity index is 2.13. The number of thiazole rings is 1. The van der Waals surface area contributed by atoms with Gasteiger partial charge in [0.15, 0.2) is 9.68 Å². The van der Waals surface area contributed by atoms with Crippen LogP contribution in [0.1, 0.15) is 21.3 Å². The van der Waals surface area contributed by atoms with Gasteiger partial charge in [0.2, 0.25) is 11.5 Å². The average molecular weight is 340 g/mol. The molecule has 0 fully saturated rings. The van der Waals surface area contributed by atoms with Crippen molar-refractivity contribution in [2.24, 2.45) is 5.16 Å². The summed E-state index contributed by atoms with van der Waals surface area (Å²) in [5, 5.41) is 14.6. The van der Waals surface area contributed by atoms with Gasteiger partial charge in [-0.05, 0) is 35.0 Å². The molecule has 0 radical (unpaired) electrons. The lowest BCUT2D eigenvalue weighted by Gasteiger charge is -1.94. The number of oxime groups is 1. The van der Waals surface area contributed by atoms with Crippen molar-refractivity contribution in [3.63, 3.8) is 0 Å². The van der Waals surface area contributed by atoms with Crippen LogP contribution in [0.5, 0.6) is 0 Å². The molecule has 0 saturated heterocycles. The monoisotopic (exact) mass is 339 g/mol. The highest BCUT2D eigenvalue weighted by molar-refractivity contribution is 9.10. The summed E-state index contributed by atoms with van der Waals surface area (Å²) >= 11 is 4.31. The maximum atomic E-state index is 11.5. The Bertz CT molecular complexity index is 683. The van der Waals surface area contributed by atoms with E-state index in [-0.39, 0.29) is 11.5 Å². The molecule has 8 heteroatoms. The van der Waals surface area contributed by atoms with E-state index in [1.807, 2.05) is 6.07 Å². The number of hydrogen-bond acceptors (Lipinski definition) is 7. The van der Waals surface area contributed by atoms with Gasteiger partial charge in [-0.2, -0.15) is 5.26 Å². The standard InChI is InChI=1S/C11H6BrN3O3S/c1-6-5-19-10(14-6)7(4-13)15-18-11(16)8-2-3-9(12)17-8/h2-3,5H,1H3/b15-7+. The lowest BCUT2D eigenvalue weighted by Crippen LogP contribution is -2.03. The largest absolute Gasteiger partial charge is 0.442 e. The van der Waals surface area contributed by atoms with E-state index >= 15 is 0 Å². The molecule has 0 spiro atoms. The van der Waals surface area contributed by atoms with E-state index in [4.69, 9.17) is 9.68 Å². The Labute approximate surface area is 120 Å².